The first kappa shape index (κ1) is 12.3. The molecule has 0 aliphatic rings. The summed E-state index contributed by atoms with van der Waals surface area (Å²) in [5.74, 6) is 0.314. The van der Waals surface area contributed by atoms with Crippen LogP contribution in [0.25, 0.3) is 0 Å². The van der Waals surface area contributed by atoms with E-state index in [1.165, 1.54) is 5.56 Å². The van der Waals surface area contributed by atoms with Crippen LogP contribution in [0.4, 0.5) is 11.4 Å². The van der Waals surface area contributed by atoms with Crippen molar-refractivity contribution in [3.05, 3.63) is 53.6 Å². The second-order valence-electron chi connectivity index (χ2n) is 4.31. The van der Waals surface area contributed by atoms with E-state index in [0.29, 0.717) is 12.3 Å². The molecule has 0 spiro atoms. The Kier molecular flexibility index (Phi) is 3.72. The van der Waals surface area contributed by atoms with Gasteiger partial charge in [-0.2, -0.15) is 0 Å². The van der Waals surface area contributed by atoms with Crippen LogP contribution >= 0.6 is 0 Å². The number of nitrogens with one attached hydrogen (secondary N) is 2. The molecule has 0 bridgehead atoms. The molecule has 3 nitrogen and oxygen atoms in total. The minimum atomic E-state index is 0.314. The zero-order valence-corrected chi connectivity index (χ0v) is 10.7. The van der Waals surface area contributed by atoms with Gasteiger partial charge in [-0.3, -0.25) is 0 Å². The van der Waals surface area contributed by atoms with Crippen LogP contribution in [-0.4, -0.2) is 12.2 Å². The number of phenols is 1. The van der Waals surface area contributed by atoms with Gasteiger partial charge in [-0.25, -0.2) is 0 Å². The SMILES string of the molecule is CNc1ccc(O)c(CNc2ccc(C)cc2)c1. The first-order chi connectivity index (χ1) is 8.69. The van der Waals surface area contributed by atoms with E-state index in [1.807, 2.05) is 31.3 Å². The predicted molar refractivity (Wildman–Crippen MR) is 76.2 cm³/mol. The fourth-order valence-electron chi connectivity index (χ4n) is 1.75. The number of aromatic hydroxyl groups is 1. The van der Waals surface area contributed by atoms with Crippen molar-refractivity contribution in [2.24, 2.45) is 0 Å². The molecule has 0 fully saturated rings. The molecular formula is C15H18N2O. The summed E-state index contributed by atoms with van der Waals surface area (Å²) in [7, 11) is 1.86. The van der Waals surface area contributed by atoms with Crippen LogP contribution < -0.4 is 10.6 Å². The summed E-state index contributed by atoms with van der Waals surface area (Å²) >= 11 is 0. The molecule has 0 saturated heterocycles. The summed E-state index contributed by atoms with van der Waals surface area (Å²) in [5, 5.41) is 16.1. The van der Waals surface area contributed by atoms with Crippen molar-refractivity contribution in [2.75, 3.05) is 17.7 Å². The maximum Gasteiger partial charge on any atom is 0.120 e. The Hall–Kier alpha value is -2.16. The van der Waals surface area contributed by atoms with Gasteiger partial charge in [0, 0.05) is 30.5 Å². The molecule has 0 saturated carbocycles. The summed E-state index contributed by atoms with van der Waals surface area (Å²) in [6.07, 6.45) is 0. The molecule has 2 aromatic rings. The molecule has 0 aliphatic heterocycles. The maximum absolute atomic E-state index is 9.78. The molecule has 0 radical (unpaired) electrons. The third kappa shape index (κ3) is 2.94. The lowest BCUT2D eigenvalue weighted by Gasteiger charge is -2.10. The fraction of sp³-hybridized carbons (Fsp3) is 0.200. The molecule has 2 aromatic carbocycles. The number of rotatable bonds is 4. The molecule has 18 heavy (non-hydrogen) atoms. The normalized spacial score (nSPS) is 10.1. The summed E-state index contributed by atoms with van der Waals surface area (Å²) < 4.78 is 0. The van der Waals surface area contributed by atoms with Crippen molar-refractivity contribution in [3.63, 3.8) is 0 Å². The smallest absolute Gasteiger partial charge is 0.120 e. The Morgan fingerprint density at radius 3 is 2.33 bits per heavy atom. The highest BCUT2D eigenvalue weighted by atomic mass is 16.3. The van der Waals surface area contributed by atoms with Gasteiger partial charge < -0.3 is 15.7 Å². The number of benzene rings is 2. The molecule has 0 heterocycles. The maximum atomic E-state index is 9.78. The Morgan fingerprint density at radius 2 is 1.67 bits per heavy atom. The molecule has 2 rings (SSSR count). The average Bonchev–Trinajstić information content (AvgIpc) is 2.40. The van der Waals surface area contributed by atoms with Crippen LogP contribution in [-0.2, 0) is 6.54 Å². The van der Waals surface area contributed by atoms with E-state index in [1.54, 1.807) is 6.07 Å². The van der Waals surface area contributed by atoms with Gasteiger partial charge in [0.05, 0.1) is 0 Å². The fourth-order valence-corrected chi connectivity index (χ4v) is 1.75. The second-order valence-corrected chi connectivity index (χ2v) is 4.31. The Morgan fingerprint density at radius 1 is 1.00 bits per heavy atom. The molecule has 94 valence electrons. The molecular weight excluding hydrogens is 224 g/mol. The van der Waals surface area contributed by atoms with Gasteiger partial charge in [0.15, 0.2) is 0 Å². The topological polar surface area (TPSA) is 44.3 Å². The molecule has 3 heteroatoms. The molecule has 0 aromatic heterocycles. The number of hydrogen-bond donors (Lipinski definition) is 3. The van der Waals surface area contributed by atoms with Gasteiger partial charge in [0.25, 0.3) is 0 Å². The van der Waals surface area contributed by atoms with Crippen LogP contribution in [0.15, 0.2) is 42.5 Å². The zero-order chi connectivity index (χ0) is 13.0. The van der Waals surface area contributed by atoms with Crippen LogP contribution in [0, 0.1) is 6.92 Å². The van der Waals surface area contributed by atoms with Gasteiger partial charge >= 0.3 is 0 Å². The molecule has 0 amide bonds. The highest BCUT2D eigenvalue weighted by Gasteiger charge is 2.02. The standard InChI is InChI=1S/C15H18N2O/c1-11-3-5-13(6-4-11)17-10-12-9-14(16-2)7-8-15(12)18/h3-9,16-18H,10H2,1-2H3. The quantitative estimate of drug-likeness (QED) is 0.720. The minimum Gasteiger partial charge on any atom is -0.508 e. The Balaban J connectivity index is 2.07. The Labute approximate surface area is 107 Å². The van der Waals surface area contributed by atoms with E-state index >= 15 is 0 Å². The van der Waals surface area contributed by atoms with Gasteiger partial charge in [-0.15, -0.1) is 0 Å². The first-order valence-electron chi connectivity index (χ1n) is 5.99. The van der Waals surface area contributed by atoms with Crippen LogP contribution in [0.2, 0.25) is 0 Å². The summed E-state index contributed by atoms with van der Waals surface area (Å²) in [5.41, 5.74) is 4.16. The zero-order valence-electron chi connectivity index (χ0n) is 10.7. The molecule has 0 unspecified atom stereocenters. The number of anilines is 2. The minimum absolute atomic E-state index is 0.314. The third-order valence-corrected chi connectivity index (χ3v) is 2.90. The van der Waals surface area contributed by atoms with Gasteiger partial charge in [-0.1, -0.05) is 17.7 Å². The summed E-state index contributed by atoms with van der Waals surface area (Å²) in [6, 6.07) is 13.7. The number of phenolic OH excluding ortho intramolecular Hbond substituents is 1. The van der Waals surface area contributed by atoms with E-state index in [9.17, 15) is 5.11 Å². The van der Waals surface area contributed by atoms with Crippen LogP contribution in [0.5, 0.6) is 5.75 Å². The van der Waals surface area contributed by atoms with Crippen LogP contribution in [0.3, 0.4) is 0 Å². The van der Waals surface area contributed by atoms with Crippen molar-refractivity contribution in [1.29, 1.82) is 0 Å². The van der Waals surface area contributed by atoms with E-state index in [0.717, 1.165) is 16.9 Å². The summed E-state index contributed by atoms with van der Waals surface area (Å²) in [4.78, 5) is 0. The number of hydrogen-bond acceptors (Lipinski definition) is 3. The van der Waals surface area contributed by atoms with Gasteiger partial charge in [0.1, 0.15) is 5.75 Å². The average molecular weight is 242 g/mol. The van der Waals surface area contributed by atoms with Crippen molar-refractivity contribution >= 4 is 11.4 Å². The van der Waals surface area contributed by atoms with E-state index in [4.69, 9.17) is 0 Å². The van der Waals surface area contributed by atoms with E-state index < -0.39 is 0 Å². The first-order valence-corrected chi connectivity index (χ1v) is 5.99. The second kappa shape index (κ2) is 5.45. The van der Waals surface area contributed by atoms with E-state index in [-0.39, 0.29) is 0 Å². The van der Waals surface area contributed by atoms with Gasteiger partial charge in [-0.05, 0) is 37.3 Å². The molecule has 0 aliphatic carbocycles. The van der Waals surface area contributed by atoms with Crippen molar-refractivity contribution in [3.8, 4) is 5.75 Å². The lowest BCUT2D eigenvalue weighted by molar-refractivity contribution is 0.469. The van der Waals surface area contributed by atoms with Crippen molar-refractivity contribution in [2.45, 2.75) is 13.5 Å². The molecule has 0 atom stereocenters. The largest absolute Gasteiger partial charge is 0.508 e. The lowest BCUT2D eigenvalue weighted by Crippen LogP contribution is -2.00. The Bertz CT molecular complexity index is 521. The predicted octanol–water partition coefficient (Wildman–Crippen LogP) is 3.35. The monoisotopic (exact) mass is 242 g/mol. The number of aryl methyl sites for hydroxylation is 1. The van der Waals surface area contributed by atoms with Crippen molar-refractivity contribution < 1.29 is 5.11 Å². The van der Waals surface area contributed by atoms with Crippen LogP contribution in [0.1, 0.15) is 11.1 Å². The highest BCUT2D eigenvalue weighted by molar-refractivity contribution is 5.52. The summed E-state index contributed by atoms with van der Waals surface area (Å²) in [6.45, 7) is 2.66. The molecule has 3 N–H and O–H groups in total. The van der Waals surface area contributed by atoms with Crippen molar-refractivity contribution in [1.82, 2.24) is 0 Å². The lowest BCUT2D eigenvalue weighted by atomic mass is 10.1. The highest BCUT2D eigenvalue weighted by Crippen LogP contribution is 2.22. The van der Waals surface area contributed by atoms with Gasteiger partial charge in [0.2, 0.25) is 0 Å². The van der Waals surface area contributed by atoms with E-state index in [2.05, 4.69) is 29.7 Å². The third-order valence-electron chi connectivity index (χ3n) is 2.90.